The van der Waals surface area contributed by atoms with Crippen LogP contribution in [0.2, 0.25) is 0 Å². The van der Waals surface area contributed by atoms with Gasteiger partial charge in [-0.3, -0.25) is 0 Å². The number of benzene rings is 1. The molecular formula is C20H27IN4O3. The van der Waals surface area contributed by atoms with Gasteiger partial charge >= 0.3 is 0 Å². The number of nitrogens with zero attached hydrogens (tertiary/aromatic N) is 2. The molecule has 7 nitrogen and oxygen atoms in total. The monoisotopic (exact) mass is 498 g/mol. The van der Waals surface area contributed by atoms with Crippen molar-refractivity contribution in [3.8, 4) is 17.4 Å². The van der Waals surface area contributed by atoms with E-state index in [0.717, 1.165) is 18.4 Å². The fourth-order valence-corrected chi connectivity index (χ4v) is 3.06. The summed E-state index contributed by atoms with van der Waals surface area (Å²) in [7, 11) is 3.21. The van der Waals surface area contributed by atoms with Gasteiger partial charge in [-0.05, 0) is 49.4 Å². The summed E-state index contributed by atoms with van der Waals surface area (Å²) in [4.78, 5) is 8.69. The average molecular weight is 498 g/mol. The molecule has 0 saturated heterocycles. The molecule has 0 radical (unpaired) electrons. The normalized spacial score (nSPS) is 14.3. The number of anilines is 1. The second kappa shape index (κ2) is 10.9. The molecule has 0 unspecified atom stereocenters. The van der Waals surface area contributed by atoms with Crippen molar-refractivity contribution in [1.82, 2.24) is 4.98 Å². The van der Waals surface area contributed by atoms with Crippen LogP contribution in [0.5, 0.6) is 17.4 Å². The number of pyridine rings is 1. The molecule has 3 N–H and O–H groups in total. The van der Waals surface area contributed by atoms with Crippen molar-refractivity contribution in [3.63, 3.8) is 0 Å². The van der Waals surface area contributed by atoms with Gasteiger partial charge in [0.1, 0.15) is 17.6 Å². The van der Waals surface area contributed by atoms with Gasteiger partial charge in [0, 0.05) is 18.3 Å². The maximum absolute atomic E-state index is 6.03. The lowest BCUT2D eigenvalue weighted by Gasteiger charge is -2.13. The molecule has 2 aromatic rings. The Hall–Kier alpha value is -2.23. The molecule has 1 aromatic carbocycles. The van der Waals surface area contributed by atoms with Crippen molar-refractivity contribution >= 4 is 35.6 Å². The van der Waals surface area contributed by atoms with Crippen molar-refractivity contribution in [2.45, 2.75) is 38.3 Å². The molecule has 28 heavy (non-hydrogen) atoms. The van der Waals surface area contributed by atoms with Gasteiger partial charge in [-0.1, -0.05) is 0 Å². The second-order valence-electron chi connectivity index (χ2n) is 6.42. The van der Waals surface area contributed by atoms with Crippen LogP contribution in [-0.2, 0) is 6.54 Å². The van der Waals surface area contributed by atoms with E-state index in [-0.39, 0.29) is 36.0 Å². The lowest BCUT2D eigenvalue weighted by molar-refractivity contribution is 0.201. The van der Waals surface area contributed by atoms with Crippen LogP contribution in [0, 0.1) is 0 Å². The number of hydrogen-bond acceptors (Lipinski definition) is 5. The Balaban J connectivity index is 0.00000280. The molecule has 1 aliphatic rings. The Kier molecular flexibility index (Phi) is 8.62. The molecule has 0 aliphatic heterocycles. The van der Waals surface area contributed by atoms with Crippen molar-refractivity contribution in [2.24, 2.45) is 10.7 Å². The molecule has 1 fully saturated rings. The number of methoxy groups -OCH3 is 2. The number of guanidine groups is 1. The minimum absolute atomic E-state index is 0. The molecule has 1 heterocycles. The topological polar surface area (TPSA) is 91.0 Å². The number of rotatable bonds is 7. The summed E-state index contributed by atoms with van der Waals surface area (Å²) in [6.07, 6.45) is 6.68. The second-order valence-corrected chi connectivity index (χ2v) is 6.42. The van der Waals surface area contributed by atoms with Crippen LogP contribution in [0.15, 0.2) is 41.5 Å². The zero-order valence-electron chi connectivity index (χ0n) is 16.2. The minimum Gasteiger partial charge on any atom is -0.497 e. The molecule has 1 saturated carbocycles. The number of aromatic nitrogens is 1. The summed E-state index contributed by atoms with van der Waals surface area (Å²) in [5.74, 6) is 2.30. The third kappa shape index (κ3) is 6.15. The van der Waals surface area contributed by atoms with Crippen LogP contribution in [0.1, 0.15) is 31.2 Å². The van der Waals surface area contributed by atoms with E-state index < -0.39 is 0 Å². The zero-order valence-corrected chi connectivity index (χ0v) is 18.5. The van der Waals surface area contributed by atoms with Gasteiger partial charge in [0.2, 0.25) is 5.88 Å². The molecule has 0 atom stereocenters. The highest BCUT2D eigenvalue weighted by Gasteiger charge is 2.17. The van der Waals surface area contributed by atoms with Gasteiger partial charge in [0.25, 0.3) is 0 Å². The van der Waals surface area contributed by atoms with E-state index >= 15 is 0 Å². The molecule has 0 amide bonds. The fraction of sp³-hybridized carbons (Fsp3) is 0.400. The summed E-state index contributed by atoms with van der Waals surface area (Å²) in [6.45, 7) is 0.425. The lowest BCUT2D eigenvalue weighted by Crippen LogP contribution is -2.23. The lowest BCUT2D eigenvalue weighted by atomic mass is 10.2. The summed E-state index contributed by atoms with van der Waals surface area (Å²) in [5.41, 5.74) is 7.71. The zero-order chi connectivity index (χ0) is 19.1. The first-order chi connectivity index (χ1) is 13.2. The van der Waals surface area contributed by atoms with E-state index in [1.54, 1.807) is 26.5 Å². The van der Waals surface area contributed by atoms with Gasteiger partial charge in [-0.15, -0.1) is 24.0 Å². The van der Waals surface area contributed by atoms with Crippen LogP contribution >= 0.6 is 24.0 Å². The summed E-state index contributed by atoms with van der Waals surface area (Å²) in [6, 6.07) is 9.26. The molecule has 8 heteroatoms. The van der Waals surface area contributed by atoms with Crippen LogP contribution in [0.3, 0.4) is 0 Å². The Bertz CT molecular complexity index is 795. The molecular weight excluding hydrogens is 471 g/mol. The third-order valence-corrected chi connectivity index (χ3v) is 4.49. The van der Waals surface area contributed by atoms with E-state index in [1.165, 1.54) is 12.8 Å². The van der Waals surface area contributed by atoms with Crippen molar-refractivity contribution in [3.05, 3.63) is 42.1 Å². The number of aliphatic imine (C=N–C) groups is 1. The SMILES string of the molecule is COc1ccc(OC)c(NC(N)=NCc2ccnc(OC3CCCC3)c2)c1.I. The Morgan fingerprint density at radius 3 is 2.68 bits per heavy atom. The predicted molar refractivity (Wildman–Crippen MR) is 121 cm³/mol. The minimum atomic E-state index is 0. The van der Waals surface area contributed by atoms with Crippen LogP contribution in [-0.4, -0.2) is 31.3 Å². The van der Waals surface area contributed by atoms with E-state index in [1.807, 2.05) is 24.3 Å². The van der Waals surface area contributed by atoms with E-state index in [0.29, 0.717) is 29.6 Å². The highest BCUT2D eigenvalue weighted by molar-refractivity contribution is 14.0. The quantitative estimate of drug-likeness (QED) is 0.341. The first-order valence-corrected chi connectivity index (χ1v) is 9.08. The Labute approximate surface area is 182 Å². The van der Waals surface area contributed by atoms with Gasteiger partial charge in [-0.25, -0.2) is 9.98 Å². The predicted octanol–water partition coefficient (Wildman–Crippen LogP) is 3.97. The molecule has 3 rings (SSSR count). The summed E-state index contributed by atoms with van der Waals surface area (Å²) in [5, 5.41) is 3.06. The van der Waals surface area contributed by atoms with Crippen LogP contribution in [0.4, 0.5) is 5.69 Å². The van der Waals surface area contributed by atoms with E-state index in [9.17, 15) is 0 Å². The fourth-order valence-electron chi connectivity index (χ4n) is 3.06. The number of nitrogens with one attached hydrogen (secondary N) is 1. The maximum atomic E-state index is 6.03. The number of ether oxygens (including phenoxy) is 3. The third-order valence-electron chi connectivity index (χ3n) is 4.49. The largest absolute Gasteiger partial charge is 0.497 e. The summed E-state index contributed by atoms with van der Waals surface area (Å²) >= 11 is 0. The molecule has 1 aliphatic carbocycles. The van der Waals surface area contributed by atoms with E-state index in [2.05, 4.69) is 15.3 Å². The molecule has 0 spiro atoms. The van der Waals surface area contributed by atoms with Crippen molar-refractivity contribution in [2.75, 3.05) is 19.5 Å². The van der Waals surface area contributed by atoms with Gasteiger partial charge < -0.3 is 25.3 Å². The van der Waals surface area contributed by atoms with E-state index in [4.69, 9.17) is 19.9 Å². The number of hydrogen-bond donors (Lipinski definition) is 2. The highest BCUT2D eigenvalue weighted by Crippen LogP contribution is 2.28. The van der Waals surface area contributed by atoms with Crippen molar-refractivity contribution in [1.29, 1.82) is 0 Å². The van der Waals surface area contributed by atoms with Crippen LogP contribution in [0.25, 0.3) is 0 Å². The van der Waals surface area contributed by atoms with Gasteiger partial charge in [-0.2, -0.15) is 0 Å². The first kappa shape index (κ1) is 22.1. The highest BCUT2D eigenvalue weighted by atomic mass is 127. The van der Waals surface area contributed by atoms with Crippen LogP contribution < -0.4 is 25.3 Å². The Morgan fingerprint density at radius 2 is 1.96 bits per heavy atom. The average Bonchev–Trinajstić information content (AvgIpc) is 3.19. The molecule has 0 bridgehead atoms. The van der Waals surface area contributed by atoms with Crippen molar-refractivity contribution < 1.29 is 14.2 Å². The Morgan fingerprint density at radius 1 is 1.18 bits per heavy atom. The number of halogens is 1. The smallest absolute Gasteiger partial charge is 0.213 e. The first-order valence-electron chi connectivity index (χ1n) is 9.08. The summed E-state index contributed by atoms with van der Waals surface area (Å²) < 4.78 is 16.5. The molecule has 152 valence electrons. The number of nitrogens with two attached hydrogens (primary N) is 1. The maximum Gasteiger partial charge on any atom is 0.213 e. The van der Waals surface area contributed by atoms with Gasteiger partial charge in [0.15, 0.2) is 5.96 Å². The van der Waals surface area contributed by atoms with Gasteiger partial charge in [0.05, 0.1) is 26.5 Å². The standard InChI is InChI=1S/C20H26N4O3.HI/c1-25-16-7-8-18(26-2)17(12-16)24-20(21)23-13-14-9-10-22-19(11-14)27-15-5-3-4-6-15;/h7-12,15H,3-6,13H2,1-2H3,(H3,21,23,24);1H. The molecule has 1 aromatic heterocycles.